The number of fused-ring (bicyclic) bond motifs is 2. The molecule has 1 atom stereocenters. The van der Waals surface area contributed by atoms with E-state index in [0.717, 1.165) is 29.7 Å². The molecule has 0 unspecified atom stereocenters. The Balaban J connectivity index is 1.58. The third-order valence-electron chi connectivity index (χ3n) is 6.12. The number of anilines is 1. The summed E-state index contributed by atoms with van der Waals surface area (Å²) >= 11 is 0. The van der Waals surface area contributed by atoms with Gasteiger partial charge in [0.05, 0.1) is 4.90 Å². The maximum Gasteiger partial charge on any atom is 0.241 e. The molecule has 0 saturated heterocycles. The van der Waals surface area contributed by atoms with E-state index in [1.807, 2.05) is 6.92 Å². The van der Waals surface area contributed by atoms with Crippen molar-refractivity contribution in [2.24, 2.45) is 0 Å². The third kappa shape index (κ3) is 3.96. The van der Waals surface area contributed by atoms with Crippen LogP contribution in [-0.2, 0) is 34.1 Å². The molecular formula is C23H28N2O3S. The van der Waals surface area contributed by atoms with Crippen LogP contribution in [0.1, 0.15) is 61.4 Å². The molecule has 1 amide bonds. The molecule has 0 fully saturated rings. The fraction of sp³-hybridized carbons (Fsp3) is 0.435. The Morgan fingerprint density at radius 3 is 2.52 bits per heavy atom. The second-order valence-corrected chi connectivity index (χ2v) is 9.74. The summed E-state index contributed by atoms with van der Waals surface area (Å²) in [6.07, 6.45) is 5.98. The maximum absolute atomic E-state index is 13.1. The van der Waals surface area contributed by atoms with Gasteiger partial charge in [-0.2, -0.15) is 0 Å². The highest BCUT2D eigenvalue weighted by Crippen LogP contribution is 2.31. The fourth-order valence-electron chi connectivity index (χ4n) is 4.48. The molecule has 0 bridgehead atoms. The van der Waals surface area contributed by atoms with Crippen LogP contribution < -0.4 is 9.62 Å². The van der Waals surface area contributed by atoms with Gasteiger partial charge in [-0.1, -0.05) is 25.1 Å². The molecule has 0 saturated carbocycles. The second kappa shape index (κ2) is 7.92. The van der Waals surface area contributed by atoms with Gasteiger partial charge in [0.15, 0.2) is 0 Å². The molecule has 2 aromatic carbocycles. The van der Waals surface area contributed by atoms with Gasteiger partial charge in [-0.3, -0.25) is 4.79 Å². The maximum atomic E-state index is 13.1. The van der Waals surface area contributed by atoms with Crippen LogP contribution >= 0.6 is 0 Å². The van der Waals surface area contributed by atoms with E-state index in [4.69, 9.17) is 0 Å². The lowest BCUT2D eigenvalue weighted by molar-refractivity contribution is -0.116. The Kier molecular flexibility index (Phi) is 5.49. The summed E-state index contributed by atoms with van der Waals surface area (Å²) in [4.78, 5) is 13.7. The minimum Gasteiger partial charge on any atom is -0.312 e. The van der Waals surface area contributed by atoms with E-state index < -0.39 is 10.0 Å². The van der Waals surface area contributed by atoms with Crippen molar-refractivity contribution in [2.75, 3.05) is 11.4 Å². The lowest BCUT2D eigenvalue weighted by Crippen LogP contribution is -2.28. The summed E-state index contributed by atoms with van der Waals surface area (Å²) in [5, 5.41) is 0. The summed E-state index contributed by atoms with van der Waals surface area (Å²) in [6, 6.07) is 11.2. The molecule has 0 aromatic heterocycles. The highest BCUT2D eigenvalue weighted by molar-refractivity contribution is 7.89. The number of nitrogens with zero attached hydrogens (tertiary/aromatic N) is 1. The first-order valence-corrected chi connectivity index (χ1v) is 11.9. The molecule has 2 aromatic rings. The average molecular weight is 413 g/mol. The van der Waals surface area contributed by atoms with Crippen LogP contribution in [0.3, 0.4) is 0 Å². The van der Waals surface area contributed by atoms with E-state index in [9.17, 15) is 13.2 Å². The number of rotatable bonds is 5. The van der Waals surface area contributed by atoms with Crippen molar-refractivity contribution in [2.45, 2.75) is 63.3 Å². The average Bonchev–Trinajstić information content (AvgIpc) is 3.15. The van der Waals surface area contributed by atoms with Crippen LogP contribution in [0.2, 0.25) is 0 Å². The molecule has 154 valence electrons. The van der Waals surface area contributed by atoms with Crippen LogP contribution in [-0.4, -0.2) is 20.9 Å². The Hall–Kier alpha value is -2.18. The molecule has 0 spiro atoms. The van der Waals surface area contributed by atoms with Crippen molar-refractivity contribution in [1.82, 2.24) is 4.72 Å². The quantitative estimate of drug-likeness (QED) is 0.810. The number of sulfonamides is 1. The van der Waals surface area contributed by atoms with Gasteiger partial charge in [0.2, 0.25) is 15.9 Å². The largest absolute Gasteiger partial charge is 0.312 e. The zero-order valence-corrected chi connectivity index (χ0v) is 17.9. The number of hydrogen-bond acceptors (Lipinski definition) is 3. The zero-order chi connectivity index (χ0) is 20.6. The minimum absolute atomic E-state index is 0.0176. The predicted octanol–water partition coefficient (Wildman–Crippen LogP) is 3.90. The van der Waals surface area contributed by atoms with Gasteiger partial charge in [0, 0.05) is 25.2 Å². The molecule has 4 rings (SSSR count). The summed E-state index contributed by atoms with van der Waals surface area (Å²) in [6.45, 7) is 4.14. The highest BCUT2D eigenvalue weighted by atomic mass is 32.2. The van der Waals surface area contributed by atoms with Crippen molar-refractivity contribution < 1.29 is 13.2 Å². The summed E-state index contributed by atoms with van der Waals surface area (Å²) in [5.74, 6) is -0.0176. The Morgan fingerprint density at radius 2 is 1.79 bits per heavy atom. The molecule has 6 heteroatoms. The van der Waals surface area contributed by atoms with Crippen LogP contribution in [0, 0.1) is 0 Å². The first-order valence-electron chi connectivity index (χ1n) is 10.4. The molecule has 1 heterocycles. The molecular weight excluding hydrogens is 384 g/mol. The third-order valence-corrected chi connectivity index (χ3v) is 7.59. The van der Waals surface area contributed by atoms with Gasteiger partial charge in [0.25, 0.3) is 0 Å². The first-order chi connectivity index (χ1) is 13.9. The summed E-state index contributed by atoms with van der Waals surface area (Å²) < 4.78 is 29.1. The molecule has 1 N–H and O–H groups in total. The number of aryl methyl sites for hydroxylation is 2. The van der Waals surface area contributed by atoms with E-state index in [-0.39, 0.29) is 16.8 Å². The number of hydrogen-bond donors (Lipinski definition) is 1. The Morgan fingerprint density at radius 1 is 1.03 bits per heavy atom. The topological polar surface area (TPSA) is 66.5 Å². The highest BCUT2D eigenvalue weighted by Gasteiger charge is 2.26. The van der Waals surface area contributed by atoms with Crippen LogP contribution in [0.4, 0.5) is 5.69 Å². The Bertz CT molecular complexity index is 1050. The van der Waals surface area contributed by atoms with Gasteiger partial charge < -0.3 is 4.90 Å². The smallest absolute Gasteiger partial charge is 0.241 e. The van der Waals surface area contributed by atoms with Crippen LogP contribution in [0.5, 0.6) is 0 Å². The lowest BCUT2D eigenvalue weighted by atomic mass is 9.89. The molecule has 0 radical (unpaired) electrons. The predicted molar refractivity (Wildman–Crippen MR) is 115 cm³/mol. The van der Waals surface area contributed by atoms with Gasteiger partial charge in [-0.15, -0.1) is 0 Å². The van der Waals surface area contributed by atoms with Crippen molar-refractivity contribution in [3.8, 4) is 0 Å². The number of carbonyl (C=O) groups excluding carboxylic acids is 1. The molecule has 1 aliphatic carbocycles. The molecule has 5 nitrogen and oxygen atoms in total. The first kappa shape index (κ1) is 20.1. The van der Waals surface area contributed by atoms with Crippen molar-refractivity contribution in [1.29, 1.82) is 0 Å². The van der Waals surface area contributed by atoms with E-state index in [1.165, 1.54) is 30.9 Å². The zero-order valence-electron chi connectivity index (χ0n) is 17.1. The van der Waals surface area contributed by atoms with E-state index in [2.05, 4.69) is 22.9 Å². The van der Waals surface area contributed by atoms with Crippen LogP contribution in [0.15, 0.2) is 41.3 Å². The van der Waals surface area contributed by atoms with Crippen molar-refractivity contribution >= 4 is 21.6 Å². The van der Waals surface area contributed by atoms with Gasteiger partial charge in [-0.05, 0) is 79.0 Å². The molecule has 29 heavy (non-hydrogen) atoms. The number of amides is 1. The van der Waals surface area contributed by atoms with Crippen LogP contribution in [0.25, 0.3) is 0 Å². The van der Waals surface area contributed by atoms with Gasteiger partial charge >= 0.3 is 0 Å². The van der Waals surface area contributed by atoms with Gasteiger partial charge in [0.1, 0.15) is 0 Å². The number of benzene rings is 2. The second-order valence-electron chi connectivity index (χ2n) is 8.03. The SMILES string of the molecule is CC[C@H](NS(=O)(=O)c1ccc2c(c1)CCN2C(C)=O)c1ccc2c(c1)CCCC2. The van der Waals surface area contributed by atoms with E-state index in [1.54, 1.807) is 23.1 Å². The lowest BCUT2D eigenvalue weighted by Gasteiger charge is -2.22. The number of carbonyl (C=O) groups is 1. The monoisotopic (exact) mass is 412 g/mol. The van der Waals surface area contributed by atoms with Crippen molar-refractivity contribution in [3.05, 3.63) is 58.7 Å². The van der Waals surface area contributed by atoms with Gasteiger partial charge in [-0.25, -0.2) is 13.1 Å². The summed E-state index contributed by atoms with van der Waals surface area (Å²) in [5.41, 5.74) is 5.50. The summed E-state index contributed by atoms with van der Waals surface area (Å²) in [7, 11) is -3.65. The fourth-order valence-corrected chi connectivity index (χ4v) is 5.84. The van der Waals surface area contributed by atoms with E-state index >= 15 is 0 Å². The molecule has 2 aliphatic rings. The van der Waals surface area contributed by atoms with E-state index in [0.29, 0.717) is 19.4 Å². The normalized spacial score (nSPS) is 17.0. The Labute approximate surface area is 173 Å². The number of nitrogens with one attached hydrogen (secondary N) is 1. The standard InChI is InChI=1S/C23H28N2O3S/c1-3-22(19-9-8-17-6-4-5-7-18(17)14-19)24-29(27,28)21-10-11-23-20(15-21)12-13-25(23)16(2)26/h8-11,14-15,22,24H,3-7,12-13H2,1-2H3/t22-/m0/s1. The van der Waals surface area contributed by atoms with Crippen molar-refractivity contribution in [3.63, 3.8) is 0 Å². The molecule has 1 aliphatic heterocycles. The minimum atomic E-state index is -3.65.